The highest BCUT2D eigenvalue weighted by Gasteiger charge is 2.37. The van der Waals surface area contributed by atoms with Crippen LogP contribution in [0.4, 0.5) is 0 Å². The topological polar surface area (TPSA) is 20.3 Å². The van der Waals surface area contributed by atoms with Crippen molar-refractivity contribution >= 4 is 5.78 Å². The largest absolute Gasteiger partial charge is 0.300 e. The molecule has 0 spiro atoms. The van der Waals surface area contributed by atoms with Crippen LogP contribution in [-0.2, 0) is 4.79 Å². The Balaban J connectivity index is 2.22. The molecular formula is C10H15NO. The Kier molecular flexibility index (Phi) is 1.80. The molecule has 2 heterocycles. The lowest BCUT2D eigenvalue weighted by atomic mass is 9.76. The van der Waals surface area contributed by atoms with Crippen LogP contribution < -0.4 is 0 Å². The molecule has 66 valence electrons. The predicted molar refractivity (Wildman–Crippen MR) is 47.8 cm³/mol. The van der Waals surface area contributed by atoms with Gasteiger partial charge in [0.2, 0.25) is 0 Å². The third-order valence-corrected chi connectivity index (χ3v) is 3.10. The molecule has 2 nitrogen and oxygen atoms in total. The summed E-state index contributed by atoms with van der Waals surface area (Å²) in [4.78, 5) is 13.6. The number of ketones is 1. The van der Waals surface area contributed by atoms with Crippen molar-refractivity contribution in [1.29, 1.82) is 0 Å². The summed E-state index contributed by atoms with van der Waals surface area (Å²) < 4.78 is 0. The lowest BCUT2D eigenvalue weighted by Crippen LogP contribution is -2.50. The van der Waals surface area contributed by atoms with Crippen molar-refractivity contribution in [2.45, 2.75) is 19.4 Å². The van der Waals surface area contributed by atoms with Gasteiger partial charge in [0, 0.05) is 18.5 Å². The summed E-state index contributed by atoms with van der Waals surface area (Å²) >= 11 is 0. The van der Waals surface area contributed by atoms with Crippen LogP contribution in [-0.4, -0.2) is 30.3 Å². The van der Waals surface area contributed by atoms with Gasteiger partial charge in [0.25, 0.3) is 0 Å². The van der Waals surface area contributed by atoms with E-state index in [9.17, 15) is 4.79 Å². The lowest BCUT2D eigenvalue weighted by molar-refractivity contribution is -0.124. The normalized spacial score (nSPS) is 40.3. The minimum absolute atomic E-state index is 0.263. The van der Waals surface area contributed by atoms with Crippen molar-refractivity contribution in [1.82, 2.24) is 4.90 Å². The van der Waals surface area contributed by atoms with E-state index in [0.29, 0.717) is 17.7 Å². The average molecular weight is 165 g/mol. The van der Waals surface area contributed by atoms with Crippen molar-refractivity contribution in [2.75, 3.05) is 13.6 Å². The molecule has 0 aromatic heterocycles. The second-order valence-electron chi connectivity index (χ2n) is 4.03. The molecule has 2 heteroatoms. The van der Waals surface area contributed by atoms with E-state index < -0.39 is 0 Å². The Labute approximate surface area is 73.2 Å². The van der Waals surface area contributed by atoms with Crippen LogP contribution in [0, 0.1) is 11.8 Å². The zero-order valence-electron chi connectivity index (χ0n) is 7.66. The second kappa shape index (κ2) is 2.70. The molecule has 3 unspecified atom stereocenters. The lowest BCUT2D eigenvalue weighted by Gasteiger charge is -2.43. The van der Waals surface area contributed by atoms with E-state index >= 15 is 0 Å². The Morgan fingerprint density at radius 2 is 2.25 bits per heavy atom. The molecule has 0 aromatic carbocycles. The molecule has 2 aliphatic heterocycles. The first-order chi connectivity index (χ1) is 5.68. The molecule has 0 saturated carbocycles. The number of rotatable bonds is 1. The van der Waals surface area contributed by atoms with E-state index in [1.54, 1.807) is 6.92 Å². The van der Waals surface area contributed by atoms with Crippen LogP contribution in [0.1, 0.15) is 13.3 Å². The number of Topliss-reactive ketones (excluding diaryl/α,β-unsaturated/α-hetero) is 1. The van der Waals surface area contributed by atoms with Crippen molar-refractivity contribution in [3.8, 4) is 0 Å². The molecule has 0 aromatic rings. The highest BCUT2D eigenvalue weighted by molar-refractivity contribution is 5.79. The predicted octanol–water partition coefficient (Wildman–Crippen LogP) is 1.08. The van der Waals surface area contributed by atoms with Gasteiger partial charge in [-0.1, -0.05) is 12.2 Å². The molecule has 3 aliphatic rings. The Bertz CT molecular complexity index is 234. The van der Waals surface area contributed by atoms with Gasteiger partial charge in [-0.25, -0.2) is 0 Å². The number of carbonyl (C=O) groups is 1. The standard InChI is InChI=1S/C10H15NO/c1-7(12)9-5-8-3-4-10(9)11(2)6-8/h3-4,8-10H,5-6H2,1-2H3. The van der Waals surface area contributed by atoms with E-state index in [0.717, 1.165) is 13.0 Å². The summed E-state index contributed by atoms with van der Waals surface area (Å²) in [5.74, 6) is 1.23. The number of likely N-dealkylation sites (N-methyl/N-ethyl adjacent to an activating group) is 1. The molecule has 2 bridgehead atoms. The molecule has 12 heavy (non-hydrogen) atoms. The van der Waals surface area contributed by atoms with Crippen LogP contribution in [0.3, 0.4) is 0 Å². The molecule has 3 atom stereocenters. The van der Waals surface area contributed by atoms with Gasteiger partial charge in [0.15, 0.2) is 0 Å². The Morgan fingerprint density at radius 3 is 2.67 bits per heavy atom. The van der Waals surface area contributed by atoms with Crippen molar-refractivity contribution in [3.05, 3.63) is 12.2 Å². The number of piperidine rings is 1. The first kappa shape index (κ1) is 7.99. The van der Waals surface area contributed by atoms with E-state index in [4.69, 9.17) is 0 Å². The van der Waals surface area contributed by atoms with E-state index in [1.165, 1.54) is 0 Å². The van der Waals surface area contributed by atoms with Gasteiger partial charge in [-0.15, -0.1) is 0 Å². The van der Waals surface area contributed by atoms with Crippen molar-refractivity contribution < 1.29 is 4.79 Å². The quantitative estimate of drug-likeness (QED) is 0.542. The fourth-order valence-corrected chi connectivity index (χ4v) is 2.44. The molecule has 0 N–H and O–H groups in total. The summed E-state index contributed by atoms with van der Waals surface area (Å²) in [6.07, 6.45) is 5.54. The first-order valence-electron chi connectivity index (χ1n) is 4.57. The smallest absolute Gasteiger partial charge is 0.134 e. The van der Waals surface area contributed by atoms with Crippen molar-refractivity contribution in [3.63, 3.8) is 0 Å². The second-order valence-corrected chi connectivity index (χ2v) is 4.03. The molecule has 1 fully saturated rings. The van der Waals surface area contributed by atoms with Crippen LogP contribution in [0.2, 0.25) is 0 Å². The minimum Gasteiger partial charge on any atom is -0.300 e. The number of carbonyl (C=O) groups excluding carboxylic acids is 1. The number of nitrogens with zero attached hydrogens (tertiary/aromatic N) is 1. The van der Waals surface area contributed by atoms with E-state index in [2.05, 4.69) is 24.1 Å². The molecular weight excluding hydrogens is 150 g/mol. The zero-order valence-corrected chi connectivity index (χ0v) is 7.66. The summed E-state index contributed by atoms with van der Waals surface area (Å²) in [6.45, 7) is 2.85. The summed E-state index contributed by atoms with van der Waals surface area (Å²) in [7, 11) is 2.11. The van der Waals surface area contributed by atoms with Gasteiger partial charge in [-0.2, -0.15) is 0 Å². The van der Waals surface area contributed by atoms with E-state index in [1.807, 2.05) is 0 Å². The number of fused-ring (bicyclic) bond motifs is 2. The van der Waals surface area contributed by atoms with Crippen LogP contribution >= 0.6 is 0 Å². The highest BCUT2D eigenvalue weighted by atomic mass is 16.1. The maximum absolute atomic E-state index is 11.3. The monoisotopic (exact) mass is 165 g/mol. The van der Waals surface area contributed by atoms with E-state index in [-0.39, 0.29) is 5.92 Å². The Hall–Kier alpha value is -0.630. The third-order valence-electron chi connectivity index (χ3n) is 3.10. The summed E-state index contributed by atoms with van der Waals surface area (Å²) in [5, 5.41) is 0. The summed E-state index contributed by atoms with van der Waals surface area (Å²) in [5.41, 5.74) is 0. The maximum atomic E-state index is 11.3. The van der Waals surface area contributed by atoms with Gasteiger partial charge < -0.3 is 0 Å². The summed E-state index contributed by atoms with van der Waals surface area (Å²) in [6, 6.07) is 0.382. The number of hydrogen-bond donors (Lipinski definition) is 0. The SMILES string of the molecule is CC(=O)C1CC2C=CC1N(C)C2. The average Bonchev–Trinajstić information content (AvgIpc) is 2.04. The molecule has 0 radical (unpaired) electrons. The fourth-order valence-electron chi connectivity index (χ4n) is 2.44. The van der Waals surface area contributed by atoms with Gasteiger partial charge in [-0.3, -0.25) is 9.69 Å². The first-order valence-corrected chi connectivity index (χ1v) is 4.57. The van der Waals surface area contributed by atoms with Crippen LogP contribution in [0.15, 0.2) is 12.2 Å². The minimum atomic E-state index is 0.263. The molecule has 1 aliphatic carbocycles. The van der Waals surface area contributed by atoms with Gasteiger partial charge in [0.1, 0.15) is 5.78 Å². The maximum Gasteiger partial charge on any atom is 0.134 e. The van der Waals surface area contributed by atoms with Gasteiger partial charge >= 0.3 is 0 Å². The molecule has 3 rings (SSSR count). The molecule has 1 saturated heterocycles. The fraction of sp³-hybridized carbons (Fsp3) is 0.700. The van der Waals surface area contributed by atoms with Crippen LogP contribution in [0.5, 0.6) is 0 Å². The van der Waals surface area contributed by atoms with Crippen molar-refractivity contribution in [2.24, 2.45) is 11.8 Å². The highest BCUT2D eigenvalue weighted by Crippen LogP contribution is 2.33. The zero-order chi connectivity index (χ0) is 8.72. The van der Waals surface area contributed by atoms with Crippen LogP contribution in [0.25, 0.3) is 0 Å². The molecule has 0 amide bonds. The van der Waals surface area contributed by atoms with Gasteiger partial charge in [0.05, 0.1) is 0 Å². The van der Waals surface area contributed by atoms with Gasteiger partial charge in [-0.05, 0) is 26.3 Å². The Morgan fingerprint density at radius 1 is 1.50 bits per heavy atom. The number of hydrogen-bond acceptors (Lipinski definition) is 2. The third kappa shape index (κ3) is 1.11.